The lowest BCUT2D eigenvalue weighted by molar-refractivity contribution is 0.0210. The fourth-order valence-electron chi connectivity index (χ4n) is 2.68. The number of nitrogens with zero attached hydrogens (tertiary/aromatic N) is 2. The number of likely N-dealkylation sites (tertiary alicyclic amines) is 1. The minimum atomic E-state index is -0.461. The summed E-state index contributed by atoms with van der Waals surface area (Å²) in [6.45, 7) is 6.97. The first-order valence-corrected chi connectivity index (χ1v) is 8.91. The van der Waals surface area contributed by atoms with Gasteiger partial charge in [0.15, 0.2) is 5.58 Å². The maximum Gasteiger partial charge on any atom is 0.410 e. The Balaban J connectivity index is 1.57. The van der Waals surface area contributed by atoms with Gasteiger partial charge in [0.05, 0.1) is 4.47 Å². The number of amides is 1. The number of halogens is 1. The zero-order valence-electron chi connectivity index (χ0n) is 14.1. The summed E-state index contributed by atoms with van der Waals surface area (Å²) in [4.78, 5) is 18.3. The van der Waals surface area contributed by atoms with E-state index in [-0.39, 0.29) is 12.1 Å². The molecule has 0 saturated carbocycles. The largest absolute Gasteiger partial charge is 0.444 e. The molecule has 0 atom stereocenters. The van der Waals surface area contributed by atoms with Gasteiger partial charge >= 0.3 is 6.09 Å². The van der Waals surface area contributed by atoms with Crippen LogP contribution in [-0.4, -0.2) is 40.7 Å². The number of rotatable bonds is 2. The number of carbonyl (C=O) groups is 1. The van der Waals surface area contributed by atoms with Gasteiger partial charge in [-0.25, -0.2) is 4.79 Å². The first-order chi connectivity index (χ1) is 11.3. The molecule has 1 aliphatic heterocycles. The molecule has 1 aromatic heterocycles. The van der Waals surface area contributed by atoms with Crippen LogP contribution in [0.25, 0.3) is 11.1 Å². The summed E-state index contributed by atoms with van der Waals surface area (Å²) in [7, 11) is 0. The Morgan fingerprint density at radius 3 is 2.71 bits per heavy atom. The Morgan fingerprint density at radius 2 is 2.08 bits per heavy atom. The summed E-state index contributed by atoms with van der Waals surface area (Å²) >= 11 is 3.46. The Labute approximate surface area is 149 Å². The molecule has 1 saturated heterocycles. The van der Waals surface area contributed by atoms with Gasteiger partial charge < -0.3 is 19.4 Å². The maximum absolute atomic E-state index is 12.1. The molecule has 1 aliphatic rings. The van der Waals surface area contributed by atoms with Gasteiger partial charge in [-0.05, 0) is 61.7 Å². The zero-order valence-corrected chi connectivity index (χ0v) is 15.7. The van der Waals surface area contributed by atoms with Gasteiger partial charge in [-0.3, -0.25) is 0 Å². The lowest BCUT2D eigenvalue weighted by Crippen LogP contribution is -2.44. The van der Waals surface area contributed by atoms with Crippen LogP contribution in [0, 0.1) is 0 Å². The van der Waals surface area contributed by atoms with E-state index in [9.17, 15) is 4.79 Å². The summed E-state index contributed by atoms with van der Waals surface area (Å²) in [6, 6.07) is 6.53. The van der Waals surface area contributed by atoms with Gasteiger partial charge in [-0.15, -0.1) is 0 Å². The third-order valence-corrected chi connectivity index (χ3v) is 4.47. The van der Waals surface area contributed by atoms with Crippen molar-refractivity contribution in [3.05, 3.63) is 22.7 Å². The van der Waals surface area contributed by atoms with E-state index in [1.807, 2.05) is 39.0 Å². The van der Waals surface area contributed by atoms with Crippen LogP contribution < -0.4 is 5.32 Å². The average Bonchev–Trinajstić information content (AvgIpc) is 2.90. The minimum absolute atomic E-state index is 0.232. The summed E-state index contributed by atoms with van der Waals surface area (Å²) in [5.74, 6) is 0. The third-order valence-electron chi connectivity index (χ3n) is 3.84. The number of hydrogen-bond donors (Lipinski definition) is 1. The van der Waals surface area contributed by atoms with E-state index in [2.05, 4.69) is 26.2 Å². The van der Waals surface area contributed by atoms with Crippen molar-refractivity contribution in [1.82, 2.24) is 9.88 Å². The molecule has 1 aromatic carbocycles. The van der Waals surface area contributed by atoms with E-state index >= 15 is 0 Å². The molecule has 0 spiro atoms. The molecule has 3 rings (SSSR count). The van der Waals surface area contributed by atoms with Crippen LogP contribution in [0.2, 0.25) is 0 Å². The standard InChI is InChI=1S/C17H22BrN3O3/c1-17(2,3)24-16(22)21-9-7-11(8-10-21)19-15-20-13-6-4-5-12(18)14(13)23-15/h4-6,11H,7-10H2,1-3H3,(H,19,20). The van der Waals surface area contributed by atoms with Crippen molar-refractivity contribution in [3.63, 3.8) is 0 Å². The number of oxazole rings is 1. The van der Waals surface area contributed by atoms with E-state index in [1.54, 1.807) is 4.90 Å². The van der Waals surface area contributed by atoms with Crippen molar-refractivity contribution in [2.75, 3.05) is 18.4 Å². The van der Waals surface area contributed by atoms with E-state index in [0.717, 1.165) is 28.4 Å². The number of nitrogens with one attached hydrogen (secondary N) is 1. The molecule has 0 radical (unpaired) electrons. The van der Waals surface area contributed by atoms with Gasteiger partial charge in [0.25, 0.3) is 6.01 Å². The van der Waals surface area contributed by atoms with Crippen molar-refractivity contribution in [2.45, 2.75) is 45.3 Å². The molecule has 0 aliphatic carbocycles. The van der Waals surface area contributed by atoms with Crippen LogP contribution in [0.4, 0.5) is 10.8 Å². The van der Waals surface area contributed by atoms with Crippen molar-refractivity contribution in [2.24, 2.45) is 0 Å². The highest BCUT2D eigenvalue weighted by molar-refractivity contribution is 9.10. The molecule has 1 fully saturated rings. The lowest BCUT2D eigenvalue weighted by atomic mass is 10.1. The molecular weight excluding hydrogens is 374 g/mol. The molecule has 2 aromatic rings. The molecule has 1 amide bonds. The number of anilines is 1. The number of para-hydroxylation sites is 1. The maximum atomic E-state index is 12.1. The summed E-state index contributed by atoms with van der Waals surface area (Å²) in [5, 5.41) is 3.33. The SMILES string of the molecule is CC(C)(C)OC(=O)N1CCC(Nc2nc3cccc(Br)c3o2)CC1. The first-order valence-electron chi connectivity index (χ1n) is 8.11. The second-order valence-electron chi connectivity index (χ2n) is 6.99. The monoisotopic (exact) mass is 395 g/mol. The smallest absolute Gasteiger partial charge is 0.410 e. The second kappa shape index (κ2) is 6.63. The van der Waals surface area contributed by atoms with E-state index in [1.165, 1.54) is 0 Å². The van der Waals surface area contributed by atoms with Crippen LogP contribution in [0.3, 0.4) is 0 Å². The fourth-order valence-corrected chi connectivity index (χ4v) is 3.12. The summed E-state index contributed by atoms with van der Waals surface area (Å²) in [5.41, 5.74) is 1.10. The Bertz CT molecular complexity index is 730. The molecule has 2 heterocycles. The van der Waals surface area contributed by atoms with Gasteiger partial charge in [0.2, 0.25) is 0 Å². The topological polar surface area (TPSA) is 67.6 Å². The molecular formula is C17H22BrN3O3. The second-order valence-corrected chi connectivity index (χ2v) is 7.85. The van der Waals surface area contributed by atoms with Crippen molar-refractivity contribution < 1.29 is 13.9 Å². The Kier molecular flexibility index (Phi) is 4.71. The highest BCUT2D eigenvalue weighted by atomic mass is 79.9. The van der Waals surface area contributed by atoms with E-state index in [0.29, 0.717) is 19.1 Å². The fraction of sp³-hybridized carbons (Fsp3) is 0.529. The predicted octanol–water partition coefficient (Wildman–Crippen LogP) is 4.40. The first kappa shape index (κ1) is 17.1. The molecule has 130 valence electrons. The van der Waals surface area contributed by atoms with E-state index < -0.39 is 5.60 Å². The quantitative estimate of drug-likeness (QED) is 0.815. The molecule has 24 heavy (non-hydrogen) atoms. The Hall–Kier alpha value is -1.76. The average molecular weight is 396 g/mol. The van der Waals surface area contributed by atoms with Crippen molar-refractivity contribution in [1.29, 1.82) is 0 Å². The predicted molar refractivity (Wildman–Crippen MR) is 96.2 cm³/mol. The molecule has 6 nitrogen and oxygen atoms in total. The van der Waals surface area contributed by atoms with Gasteiger partial charge in [0.1, 0.15) is 11.1 Å². The van der Waals surface area contributed by atoms with Gasteiger partial charge in [0, 0.05) is 19.1 Å². The number of aromatic nitrogens is 1. The summed E-state index contributed by atoms with van der Waals surface area (Å²) in [6.07, 6.45) is 1.42. The molecule has 0 unspecified atom stereocenters. The number of benzene rings is 1. The number of piperidine rings is 1. The van der Waals surface area contributed by atoms with Crippen molar-refractivity contribution in [3.8, 4) is 0 Å². The van der Waals surface area contributed by atoms with Gasteiger partial charge in [-0.1, -0.05) is 6.07 Å². The van der Waals surface area contributed by atoms with E-state index in [4.69, 9.17) is 9.15 Å². The highest BCUT2D eigenvalue weighted by Gasteiger charge is 2.27. The van der Waals surface area contributed by atoms with Crippen molar-refractivity contribution >= 4 is 39.1 Å². The molecule has 7 heteroatoms. The van der Waals surface area contributed by atoms with Crippen LogP contribution >= 0.6 is 15.9 Å². The number of hydrogen-bond acceptors (Lipinski definition) is 5. The number of ether oxygens (including phenoxy) is 1. The molecule has 0 bridgehead atoms. The highest BCUT2D eigenvalue weighted by Crippen LogP contribution is 2.27. The molecule has 1 N–H and O–H groups in total. The van der Waals surface area contributed by atoms with Crippen LogP contribution in [0.5, 0.6) is 0 Å². The van der Waals surface area contributed by atoms with Gasteiger partial charge in [-0.2, -0.15) is 4.98 Å². The normalized spacial score (nSPS) is 16.4. The number of fused-ring (bicyclic) bond motifs is 1. The Morgan fingerprint density at radius 1 is 1.38 bits per heavy atom. The van der Waals surface area contributed by atoms with Crippen LogP contribution in [-0.2, 0) is 4.74 Å². The lowest BCUT2D eigenvalue weighted by Gasteiger charge is -2.33. The number of carbonyl (C=O) groups excluding carboxylic acids is 1. The minimum Gasteiger partial charge on any atom is -0.444 e. The zero-order chi connectivity index (χ0) is 17.3. The summed E-state index contributed by atoms with van der Waals surface area (Å²) < 4.78 is 12.1. The third kappa shape index (κ3) is 4.01. The van der Waals surface area contributed by atoms with Crippen LogP contribution in [0.1, 0.15) is 33.6 Å². The van der Waals surface area contributed by atoms with Crippen LogP contribution in [0.15, 0.2) is 27.1 Å².